The van der Waals surface area contributed by atoms with E-state index in [1.807, 2.05) is 0 Å². The molecule has 0 N–H and O–H groups in total. The van der Waals surface area contributed by atoms with Crippen molar-refractivity contribution in [1.29, 1.82) is 0 Å². The van der Waals surface area contributed by atoms with Crippen molar-refractivity contribution < 1.29 is 4.79 Å². The number of allylic oxidation sites excluding steroid dienone is 2. The Bertz CT molecular complexity index is 494. The zero-order chi connectivity index (χ0) is 29.2. The maximum Gasteiger partial charge on any atom is 0.222 e. The van der Waals surface area contributed by atoms with Gasteiger partial charge in [-0.05, 0) is 44.9 Å². The van der Waals surface area contributed by atoms with E-state index in [1.165, 1.54) is 180 Å². The predicted octanol–water partition coefficient (Wildman–Crippen LogP) is 13.1. The summed E-state index contributed by atoms with van der Waals surface area (Å²) in [5.41, 5.74) is 0. The molecule has 0 aromatic carbocycles. The Morgan fingerprint density at radius 1 is 0.400 bits per heavy atom. The molecular weight excluding hydrogens is 486 g/mol. The van der Waals surface area contributed by atoms with Crippen molar-refractivity contribution in [3.63, 3.8) is 0 Å². The summed E-state index contributed by atoms with van der Waals surface area (Å²) in [6.45, 7) is 8.85. The molecule has 0 spiro atoms. The first-order valence-corrected chi connectivity index (χ1v) is 18.7. The molecular formula is C38H75NO. The number of unbranched alkanes of at least 4 members (excludes halogenated alkanes) is 25. The third-order valence-corrected chi connectivity index (χ3v) is 8.57. The van der Waals surface area contributed by atoms with Gasteiger partial charge in [-0.15, -0.1) is 0 Å². The van der Waals surface area contributed by atoms with Crippen molar-refractivity contribution in [2.45, 2.75) is 213 Å². The normalized spacial score (nSPS) is 11.6. The molecule has 0 radical (unpaired) electrons. The van der Waals surface area contributed by atoms with Crippen LogP contribution < -0.4 is 0 Å². The summed E-state index contributed by atoms with van der Waals surface area (Å²) >= 11 is 0. The molecule has 0 aromatic heterocycles. The molecule has 0 aliphatic heterocycles. The molecule has 2 nitrogen and oxygen atoms in total. The van der Waals surface area contributed by atoms with Crippen molar-refractivity contribution in [2.75, 3.05) is 13.1 Å². The van der Waals surface area contributed by atoms with Gasteiger partial charge in [0.2, 0.25) is 5.91 Å². The van der Waals surface area contributed by atoms with Crippen LogP contribution in [0.5, 0.6) is 0 Å². The monoisotopic (exact) mass is 562 g/mol. The molecule has 40 heavy (non-hydrogen) atoms. The first kappa shape index (κ1) is 39.2. The first-order chi connectivity index (χ1) is 19.8. The molecule has 0 aliphatic rings. The summed E-state index contributed by atoms with van der Waals surface area (Å²) in [7, 11) is 0. The number of carbonyl (C=O) groups is 1. The lowest BCUT2D eigenvalue weighted by Gasteiger charge is -2.23. The van der Waals surface area contributed by atoms with Crippen molar-refractivity contribution in [3.05, 3.63) is 12.2 Å². The second kappa shape index (κ2) is 34.4. The van der Waals surface area contributed by atoms with E-state index in [0.29, 0.717) is 5.91 Å². The van der Waals surface area contributed by atoms with Crippen LogP contribution in [0.25, 0.3) is 0 Å². The maximum atomic E-state index is 13.1. The SMILES string of the molecule is CCCCCCCC/C=C\CCCCCCCC(=O)N(CCCCCCCCCC)CCCCCCCCCC. The average molecular weight is 562 g/mol. The number of nitrogens with zero attached hydrogens (tertiary/aromatic N) is 1. The number of rotatable bonds is 33. The van der Waals surface area contributed by atoms with E-state index >= 15 is 0 Å². The zero-order valence-electron chi connectivity index (χ0n) is 28.1. The topological polar surface area (TPSA) is 20.3 Å². The molecule has 238 valence electrons. The lowest BCUT2D eigenvalue weighted by atomic mass is 10.1. The Balaban J connectivity index is 3.98. The van der Waals surface area contributed by atoms with Crippen molar-refractivity contribution in [3.8, 4) is 0 Å². The molecule has 0 heterocycles. The summed E-state index contributed by atoms with van der Waals surface area (Å²) in [6, 6.07) is 0. The smallest absolute Gasteiger partial charge is 0.222 e. The molecule has 0 atom stereocenters. The van der Waals surface area contributed by atoms with Crippen LogP contribution in [-0.2, 0) is 4.79 Å². The molecule has 0 saturated carbocycles. The van der Waals surface area contributed by atoms with Crippen molar-refractivity contribution >= 4 is 5.91 Å². The fourth-order valence-electron chi connectivity index (χ4n) is 5.74. The molecule has 0 fully saturated rings. The van der Waals surface area contributed by atoms with E-state index in [1.54, 1.807) is 0 Å². The van der Waals surface area contributed by atoms with Gasteiger partial charge in [0.15, 0.2) is 0 Å². The summed E-state index contributed by atoms with van der Waals surface area (Å²) in [5.74, 6) is 0.434. The van der Waals surface area contributed by atoms with E-state index in [4.69, 9.17) is 0 Å². The Hall–Kier alpha value is -0.790. The predicted molar refractivity (Wildman–Crippen MR) is 181 cm³/mol. The fraction of sp³-hybridized carbons (Fsp3) is 0.921. The Labute approximate surface area is 253 Å². The van der Waals surface area contributed by atoms with E-state index in [9.17, 15) is 4.79 Å². The van der Waals surface area contributed by atoms with Crippen LogP contribution >= 0.6 is 0 Å². The lowest BCUT2D eigenvalue weighted by molar-refractivity contribution is -0.131. The van der Waals surface area contributed by atoms with Crippen LogP contribution in [-0.4, -0.2) is 23.9 Å². The third-order valence-electron chi connectivity index (χ3n) is 8.57. The average Bonchev–Trinajstić information content (AvgIpc) is 2.96. The first-order valence-electron chi connectivity index (χ1n) is 18.7. The molecule has 0 saturated heterocycles. The molecule has 0 bridgehead atoms. The van der Waals surface area contributed by atoms with Crippen LogP contribution in [0.2, 0.25) is 0 Å². The molecule has 0 aliphatic carbocycles. The minimum absolute atomic E-state index is 0.434. The highest BCUT2D eigenvalue weighted by molar-refractivity contribution is 5.76. The van der Waals surface area contributed by atoms with Gasteiger partial charge in [0.1, 0.15) is 0 Å². The van der Waals surface area contributed by atoms with E-state index in [2.05, 4.69) is 37.8 Å². The van der Waals surface area contributed by atoms with Gasteiger partial charge in [0.05, 0.1) is 0 Å². The molecule has 0 rings (SSSR count). The van der Waals surface area contributed by atoms with Gasteiger partial charge >= 0.3 is 0 Å². The summed E-state index contributed by atoms with van der Waals surface area (Å²) in [6.07, 6.45) is 44.1. The second-order valence-electron chi connectivity index (χ2n) is 12.7. The van der Waals surface area contributed by atoms with Crippen LogP contribution in [0.15, 0.2) is 12.2 Å². The standard InChI is InChI=1S/C38H75NO/c1-4-7-10-13-16-19-20-21-22-23-24-25-26-29-32-35-38(40)39(36-33-30-27-17-14-11-8-5-2)37-34-31-28-18-15-12-9-6-3/h21-22H,4-20,23-37H2,1-3H3/b22-21-. The van der Waals surface area contributed by atoms with E-state index in [-0.39, 0.29) is 0 Å². The van der Waals surface area contributed by atoms with Gasteiger partial charge in [-0.3, -0.25) is 4.79 Å². The van der Waals surface area contributed by atoms with Gasteiger partial charge in [-0.1, -0.05) is 174 Å². The highest BCUT2D eigenvalue weighted by atomic mass is 16.2. The highest BCUT2D eigenvalue weighted by Crippen LogP contribution is 2.14. The Morgan fingerprint density at radius 2 is 0.700 bits per heavy atom. The van der Waals surface area contributed by atoms with Gasteiger partial charge in [-0.25, -0.2) is 0 Å². The fourth-order valence-corrected chi connectivity index (χ4v) is 5.74. The Kier molecular flexibility index (Phi) is 33.7. The van der Waals surface area contributed by atoms with Gasteiger partial charge in [0, 0.05) is 19.5 Å². The largest absolute Gasteiger partial charge is 0.343 e. The lowest BCUT2D eigenvalue weighted by Crippen LogP contribution is -2.32. The van der Waals surface area contributed by atoms with Crippen LogP contribution in [0.3, 0.4) is 0 Å². The highest BCUT2D eigenvalue weighted by Gasteiger charge is 2.12. The summed E-state index contributed by atoms with van der Waals surface area (Å²) in [5, 5.41) is 0. The van der Waals surface area contributed by atoms with Crippen molar-refractivity contribution in [2.24, 2.45) is 0 Å². The summed E-state index contributed by atoms with van der Waals surface area (Å²) in [4.78, 5) is 15.3. The summed E-state index contributed by atoms with van der Waals surface area (Å²) < 4.78 is 0. The van der Waals surface area contributed by atoms with Crippen LogP contribution in [0.4, 0.5) is 0 Å². The molecule has 0 unspecified atom stereocenters. The van der Waals surface area contributed by atoms with Crippen LogP contribution in [0, 0.1) is 0 Å². The van der Waals surface area contributed by atoms with Crippen molar-refractivity contribution in [1.82, 2.24) is 4.90 Å². The minimum atomic E-state index is 0.434. The Morgan fingerprint density at radius 3 is 1.07 bits per heavy atom. The van der Waals surface area contributed by atoms with E-state index < -0.39 is 0 Å². The second-order valence-corrected chi connectivity index (χ2v) is 12.7. The molecule has 1 amide bonds. The third kappa shape index (κ3) is 30.2. The number of amides is 1. The minimum Gasteiger partial charge on any atom is -0.343 e. The number of hydrogen-bond acceptors (Lipinski definition) is 1. The quantitative estimate of drug-likeness (QED) is 0.0576. The van der Waals surface area contributed by atoms with E-state index in [0.717, 1.165) is 25.9 Å². The zero-order valence-corrected chi connectivity index (χ0v) is 28.1. The van der Waals surface area contributed by atoms with Gasteiger partial charge in [-0.2, -0.15) is 0 Å². The molecule has 2 heteroatoms. The van der Waals surface area contributed by atoms with Gasteiger partial charge in [0.25, 0.3) is 0 Å². The maximum absolute atomic E-state index is 13.1. The molecule has 0 aromatic rings. The van der Waals surface area contributed by atoms with Gasteiger partial charge < -0.3 is 4.90 Å². The number of hydrogen-bond donors (Lipinski definition) is 0. The van der Waals surface area contributed by atoms with Crippen LogP contribution in [0.1, 0.15) is 213 Å². The number of carbonyl (C=O) groups excluding carboxylic acids is 1.